The topological polar surface area (TPSA) is 78.9 Å². The van der Waals surface area contributed by atoms with Gasteiger partial charge in [-0.25, -0.2) is 0 Å². The van der Waals surface area contributed by atoms with Crippen molar-refractivity contribution in [2.24, 2.45) is 0 Å². The van der Waals surface area contributed by atoms with Crippen LogP contribution in [0.3, 0.4) is 0 Å². The molecule has 0 heterocycles. The Morgan fingerprint density at radius 3 is 0.848 bits per heavy atom. The van der Waals surface area contributed by atoms with Crippen LogP contribution in [0.4, 0.5) is 0 Å². The lowest BCUT2D eigenvalue weighted by molar-refractivity contribution is -0.166. The molecule has 0 aromatic carbocycles. The minimum atomic E-state index is -0.807. The van der Waals surface area contributed by atoms with Crippen LogP contribution in [0, 0.1) is 0 Å². The average molecular weight is 1100 g/mol. The van der Waals surface area contributed by atoms with E-state index in [-0.39, 0.29) is 37.5 Å². The number of ether oxygens (including phenoxy) is 3. The Bertz CT molecular complexity index is 1500. The summed E-state index contributed by atoms with van der Waals surface area (Å²) >= 11 is 0. The number of unbranched alkanes of at least 4 members (excludes halogenated alkanes) is 37. The molecule has 1 unspecified atom stereocenters. The van der Waals surface area contributed by atoms with E-state index in [0.717, 1.165) is 77.0 Å². The Kier molecular flexibility index (Phi) is 64.2. The number of hydrogen-bond donors (Lipinski definition) is 0. The number of allylic oxidation sites excluding steroid dienone is 14. The molecule has 6 heteroatoms. The van der Waals surface area contributed by atoms with Gasteiger partial charge in [0, 0.05) is 19.3 Å². The van der Waals surface area contributed by atoms with Crippen molar-refractivity contribution < 1.29 is 28.6 Å². The van der Waals surface area contributed by atoms with Crippen molar-refractivity contribution in [3.05, 3.63) is 85.1 Å². The maximum absolute atomic E-state index is 12.9. The molecular formula is C73H128O6. The molecular weight excluding hydrogens is 973 g/mol. The van der Waals surface area contributed by atoms with Gasteiger partial charge in [-0.15, -0.1) is 0 Å². The van der Waals surface area contributed by atoms with E-state index in [1.165, 1.54) is 218 Å². The zero-order chi connectivity index (χ0) is 57.1. The van der Waals surface area contributed by atoms with E-state index in [1.54, 1.807) is 0 Å². The van der Waals surface area contributed by atoms with Gasteiger partial charge in [-0.05, 0) is 83.5 Å². The van der Waals surface area contributed by atoms with Gasteiger partial charge in [-0.3, -0.25) is 14.4 Å². The second kappa shape index (κ2) is 67.1. The van der Waals surface area contributed by atoms with Crippen LogP contribution in [0.15, 0.2) is 85.1 Å². The van der Waals surface area contributed by atoms with Gasteiger partial charge in [-0.2, -0.15) is 0 Å². The first-order valence-corrected chi connectivity index (χ1v) is 34.1. The summed E-state index contributed by atoms with van der Waals surface area (Å²) in [6.07, 6.45) is 89.1. The highest BCUT2D eigenvalue weighted by Gasteiger charge is 2.19. The molecule has 1 atom stereocenters. The molecule has 0 saturated carbocycles. The molecule has 456 valence electrons. The number of carbonyl (C=O) groups excluding carboxylic acids is 3. The third-order valence-electron chi connectivity index (χ3n) is 14.9. The van der Waals surface area contributed by atoms with Gasteiger partial charge in [0.05, 0.1) is 0 Å². The van der Waals surface area contributed by atoms with Gasteiger partial charge >= 0.3 is 17.9 Å². The molecule has 0 aliphatic heterocycles. The molecule has 0 aromatic heterocycles. The van der Waals surface area contributed by atoms with E-state index < -0.39 is 6.10 Å². The van der Waals surface area contributed by atoms with Gasteiger partial charge < -0.3 is 14.2 Å². The highest BCUT2D eigenvalue weighted by atomic mass is 16.6. The quantitative estimate of drug-likeness (QED) is 0.0261. The summed E-state index contributed by atoms with van der Waals surface area (Å²) in [4.78, 5) is 38.3. The van der Waals surface area contributed by atoms with E-state index in [0.29, 0.717) is 19.3 Å². The van der Waals surface area contributed by atoms with Gasteiger partial charge in [0.25, 0.3) is 0 Å². The predicted molar refractivity (Wildman–Crippen MR) is 344 cm³/mol. The third-order valence-corrected chi connectivity index (χ3v) is 14.9. The van der Waals surface area contributed by atoms with Gasteiger partial charge in [0.1, 0.15) is 13.2 Å². The minimum Gasteiger partial charge on any atom is -0.462 e. The Hall–Kier alpha value is -3.41. The summed E-state index contributed by atoms with van der Waals surface area (Å²) in [5.41, 5.74) is 0. The third kappa shape index (κ3) is 65.3. The molecule has 0 N–H and O–H groups in total. The number of rotatable bonds is 62. The number of hydrogen-bond acceptors (Lipinski definition) is 6. The van der Waals surface area contributed by atoms with Crippen molar-refractivity contribution in [3.63, 3.8) is 0 Å². The van der Waals surface area contributed by atoms with E-state index in [1.807, 2.05) is 6.08 Å². The van der Waals surface area contributed by atoms with Gasteiger partial charge in [0.2, 0.25) is 0 Å². The summed E-state index contributed by atoms with van der Waals surface area (Å²) < 4.78 is 16.9. The molecule has 0 aromatic rings. The first-order valence-electron chi connectivity index (χ1n) is 34.1. The minimum absolute atomic E-state index is 0.0980. The van der Waals surface area contributed by atoms with Crippen LogP contribution >= 0.6 is 0 Å². The molecule has 0 spiro atoms. The van der Waals surface area contributed by atoms with Crippen LogP contribution in [-0.4, -0.2) is 37.2 Å². The lowest BCUT2D eigenvalue weighted by Crippen LogP contribution is -2.30. The zero-order valence-corrected chi connectivity index (χ0v) is 52.4. The lowest BCUT2D eigenvalue weighted by Gasteiger charge is -2.18. The van der Waals surface area contributed by atoms with Crippen LogP contribution in [-0.2, 0) is 28.6 Å². The Labute approximate surface area is 490 Å². The molecule has 0 radical (unpaired) electrons. The smallest absolute Gasteiger partial charge is 0.306 e. The first-order chi connectivity index (χ1) is 39.0. The predicted octanol–water partition coefficient (Wildman–Crippen LogP) is 23.4. The van der Waals surface area contributed by atoms with Gasteiger partial charge in [-0.1, -0.05) is 324 Å². The standard InChI is InChI=1S/C73H128O6/c1-4-7-10-13-16-19-22-25-27-29-31-33-35-36-38-39-41-43-45-48-51-54-57-60-63-66-72(75)78-69-70(68-77-71(74)65-62-59-56-53-50-47-24-21-18-15-12-9-6-3)79-73(76)67-64-61-58-55-52-49-46-44-42-40-37-34-32-30-28-26-23-20-17-14-11-8-5-2/h9,12,18,21-22,25,29,31,35-36,47,50,56,59,70H,4-8,10-11,13-17,19-20,23-24,26-28,30,32-34,37-46,48-49,51-55,57-58,60-69H2,1-3H3/b12-9-,21-18-,25-22-,31-29-,36-35-,50-47-,59-56-. The van der Waals surface area contributed by atoms with Crippen molar-refractivity contribution in [3.8, 4) is 0 Å². The number of esters is 3. The Morgan fingerprint density at radius 1 is 0.266 bits per heavy atom. The van der Waals surface area contributed by atoms with Gasteiger partial charge in [0.15, 0.2) is 6.10 Å². The molecule has 0 bridgehead atoms. The van der Waals surface area contributed by atoms with Crippen LogP contribution < -0.4 is 0 Å². The zero-order valence-electron chi connectivity index (χ0n) is 52.4. The van der Waals surface area contributed by atoms with Crippen LogP contribution in [0.25, 0.3) is 0 Å². The van der Waals surface area contributed by atoms with Crippen molar-refractivity contribution >= 4 is 17.9 Å². The highest BCUT2D eigenvalue weighted by Crippen LogP contribution is 2.18. The summed E-state index contributed by atoms with van der Waals surface area (Å²) in [5.74, 6) is -0.970. The SMILES string of the molecule is CC/C=C\C/C=C\C/C=C\C/C=C\CCC(=O)OCC(COC(=O)CCCCCCCCCCCC/C=C\C/C=C\C/C=C\CCCCCCC)OC(=O)CCCCCCCCCCCCCCCCCCCCCCCCC. The van der Waals surface area contributed by atoms with Crippen LogP contribution in [0.5, 0.6) is 0 Å². The fourth-order valence-corrected chi connectivity index (χ4v) is 9.82. The molecule has 0 saturated heterocycles. The largest absolute Gasteiger partial charge is 0.462 e. The van der Waals surface area contributed by atoms with E-state index in [2.05, 4.69) is 99.8 Å². The Morgan fingerprint density at radius 2 is 0.519 bits per heavy atom. The normalized spacial score (nSPS) is 12.6. The summed E-state index contributed by atoms with van der Waals surface area (Å²) in [7, 11) is 0. The van der Waals surface area contributed by atoms with E-state index in [9.17, 15) is 14.4 Å². The molecule has 0 aliphatic rings. The molecule has 0 aliphatic carbocycles. The highest BCUT2D eigenvalue weighted by molar-refractivity contribution is 5.71. The average Bonchev–Trinajstić information content (AvgIpc) is 3.45. The van der Waals surface area contributed by atoms with E-state index in [4.69, 9.17) is 14.2 Å². The first kappa shape index (κ1) is 75.6. The second-order valence-corrected chi connectivity index (χ2v) is 22.7. The van der Waals surface area contributed by atoms with Crippen molar-refractivity contribution in [1.29, 1.82) is 0 Å². The number of carbonyl (C=O) groups is 3. The van der Waals surface area contributed by atoms with Crippen LogP contribution in [0.1, 0.15) is 342 Å². The molecule has 79 heavy (non-hydrogen) atoms. The summed E-state index contributed by atoms with van der Waals surface area (Å²) in [6.45, 7) is 6.49. The molecule has 6 nitrogen and oxygen atoms in total. The van der Waals surface area contributed by atoms with Crippen molar-refractivity contribution in [2.75, 3.05) is 13.2 Å². The molecule has 0 rings (SSSR count). The molecule has 0 fully saturated rings. The molecule has 0 amide bonds. The lowest BCUT2D eigenvalue weighted by atomic mass is 10.0. The maximum atomic E-state index is 12.9. The Balaban J connectivity index is 4.31. The van der Waals surface area contributed by atoms with E-state index >= 15 is 0 Å². The second-order valence-electron chi connectivity index (χ2n) is 22.7. The fourth-order valence-electron chi connectivity index (χ4n) is 9.82. The van der Waals surface area contributed by atoms with Crippen molar-refractivity contribution in [2.45, 2.75) is 348 Å². The fraction of sp³-hybridized carbons (Fsp3) is 0.767. The summed E-state index contributed by atoms with van der Waals surface area (Å²) in [5, 5.41) is 0. The summed E-state index contributed by atoms with van der Waals surface area (Å²) in [6, 6.07) is 0. The maximum Gasteiger partial charge on any atom is 0.306 e. The van der Waals surface area contributed by atoms with Crippen molar-refractivity contribution in [1.82, 2.24) is 0 Å². The van der Waals surface area contributed by atoms with Crippen LogP contribution in [0.2, 0.25) is 0 Å². The monoisotopic (exact) mass is 1100 g/mol.